The van der Waals surface area contributed by atoms with E-state index < -0.39 is 5.41 Å². The van der Waals surface area contributed by atoms with E-state index in [1.807, 2.05) is 12.1 Å². The number of nitrogens with zero attached hydrogens (tertiary/aromatic N) is 2. The fourth-order valence-corrected chi connectivity index (χ4v) is 11.3. The Kier molecular flexibility index (Phi) is 7.57. The molecule has 1 unspecified atom stereocenters. The van der Waals surface area contributed by atoms with Crippen LogP contribution in [0, 0.1) is 0 Å². The Balaban J connectivity index is 1.02. The van der Waals surface area contributed by atoms with Gasteiger partial charge in [0.15, 0.2) is 0 Å². The summed E-state index contributed by atoms with van der Waals surface area (Å²) in [6, 6.07) is 83.3. The maximum atomic E-state index is 6.47. The third-order valence-electron chi connectivity index (χ3n) is 13.8. The molecule has 0 radical (unpaired) electrons. The molecular weight excluding hydrogens is 793 g/mol. The van der Waals surface area contributed by atoms with Gasteiger partial charge in [0.25, 0.3) is 0 Å². The van der Waals surface area contributed by atoms with Gasteiger partial charge in [-0.2, -0.15) is 0 Å². The van der Waals surface area contributed by atoms with Crippen LogP contribution in [0.15, 0.2) is 239 Å². The fourth-order valence-electron chi connectivity index (χ4n) is 11.3. The minimum Gasteiger partial charge on any atom is -0.456 e. The highest BCUT2D eigenvalue weighted by molar-refractivity contribution is 6.15. The van der Waals surface area contributed by atoms with Crippen molar-refractivity contribution in [2.24, 2.45) is 0 Å². The summed E-state index contributed by atoms with van der Waals surface area (Å²) in [5.74, 6) is 0. The van der Waals surface area contributed by atoms with E-state index in [-0.39, 0.29) is 0 Å². The maximum absolute atomic E-state index is 6.47. The number of rotatable bonds is 6. The second kappa shape index (κ2) is 13.7. The minimum absolute atomic E-state index is 0.568. The first-order valence-electron chi connectivity index (χ1n) is 22.3. The number of hydrogen-bond acceptors (Lipinski definition) is 4. The summed E-state index contributed by atoms with van der Waals surface area (Å²) in [7, 11) is 0. The lowest BCUT2D eigenvalue weighted by atomic mass is 9.70. The number of para-hydroxylation sites is 4. The Morgan fingerprint density at radius 2 is 0.708 bits per heavy atom. The van der Waals surface area contributed by atoms with E-state index in [2.05, 4.69) is 228 Å². The van der Waals surface area contributed by atoms with Crippen LogP contribution in [0.2, 0.25) is 0 Å². The van der Waals surface area contributed by atoms with Crippen LogP contribution in [0.5, 0.6) is 0 Å². The SMILES string of the molecule is c1ccc(N(c2ccc3c(c2)-c2ccccc2C32c3ccccc3-c3ccc(N(c4ccccc4)c4cccc5oc6ccccc6c45)cc32)c2cccc3oc4ccccc4c23)cc1. The van der Waals surface area contributed by atoms with Crippen LogP contribution in [-0.2, 0) is 5.41 Å². The summed E-state index contributed by atoms with van der Waals surface area (Å²) in [6.45, 7) is 0. The lowest BCUT2D eigenvalue weighted by Gasteiger charge is -2.33. The first-order chi connectivity index (χ1) is 32.3. The summed E-state index contributed by atoms with van der Waals surface area (Å²) in [5, 5.41) is 4.38. The van der Waals surface area contributed by atoms with Gasteiger partial charge in [0.1, 0.15) is 22.3 Å². The zero-order chi connectivity index (χ0) is 42.6. The average molecular weight is 831 g/mol. The van der Waals surface area contributed by atoms with Crippen molar-refractivity contribution in [3.05, 3.63) is 253 Å². The molecule has 2 aliphatic carbocycles. The molecule has 12 aromatic rings. The highest BCUT2D eigenvalue weighted by atomic mass is 16.3. The monoisotopic (exact) mass is 830 g/mol. The Morgan fingerprint density at radius 1 is 0.277 bits per heavy atom. The molecule has 1 spiro atoms. The Bertz CT molecular complexity index is 3870. The van der Waals surface area contributed by atoms with Crippen LogP contribution in [0.3, 0.4) is 0 Å². The quantitative estimate of drug-likeness (QED) is 0.167. The molecule has 10 aromatic carbocycles. The van der Waals surface area contributed by atoms with Gasteiger partial charge in [0, 0.05) is 33.5 Å². The Labute approximate surface area is 375 Å². The molecule has 2 aliphatic rings. The summed E-state index contributed by atoms with van der Waals surface area (Å²) in [5.41, 5.74) is 19.5. The summed E-state index contributed by atoms with van der Waals surface area (Å²) >= 11 is 0. The van der Waals surface area contributed by atoms with Crippen molar-refractivity contribution in [3.8, 4) is 22.3 Å². The van der Waals surface area contributed by atoms with E-state index in [4.69, 9.17) is 8.83 Å². The second-order valence-corrected chi connectivity index (χ2v) is 17.1. The lowest BCUT2D eigenvalue weighted by Crippen LogP contribution is -2.26. The number of benzene rings is 10. The van der Waals surface area contributed by atoms with Crippen LogP contribution in [-0.4, -0.2) is 0 Å². The van der Waals surface area contributed by atoms with Gasteiger partial charge in [-0.1, -0.05) is 146 Å². The van der Waals surface area contributed by atoms with Crippen LogP contribution in [0.4, 0.5) is 34.1 Å². The highest BCUT2D eigenvalue weighted by Gasteiger charge is 2.52. The van der Waals surface area contributed by atoms with Crippen LogP contribution in [0.25, 0.3) is 66.1 Å². The number of hydrogen-bond donors (Lipinski definition) is 0. The third-order valence-corrected chi connectivity index (χ3v) is 13.8. The largest absolute Gasteiger partial charge is 0.456 e. The van der Waals surface area contributed by atoms with E-state index in [0.29, 0.717) is 0 Å². The number of anilines is 6. The van der Waals surface area contributed by atoms with Crippen LogP contribution >= 0.6 is 0 Å². The Hall–Kier alpha value is -8.60. The topological polar surface area (TPSA) is 32.8 Å². The maximum Gasteiger partial charge on any atom is 0.137 e. The van der Waals surface area contributed by atoms with Gasteiger partial charge in [0.05, 0.1) is 27.6 Å². The molecule has 304 valence electrons. The average Bonchev–Trinajstić information content (AvgIpc) is 4.10. The standard InChI is InChI=1S/C61H38N2O2/c1-3-17-39(18-4-1)62(53-27-15-31-57-59(53)46-23-9-13-29-55(46)64-57)41-34-36-51-48(37-41)44-22-8-12-26-50(44)61(51)49-25-11-7-21-43(49)45-35-33-42(38-52(45)61)63(40-19-5-2-6-20-40)54-28-16-32-58-60(54)47-24-10-14-30-56(47)65-58/h1-38H. The number of fused-ring (bicyclic) bond motifs is 16. The van der Waals surface area contributed by atoms with Gasteiger partial charge in [-0.05, 0) is 129 Å². The lowest BCUT2D eigenvalue weighted by molar-refractivity contribution is 0.668. The molecule has 0 bridgehead atoms. The smallest absolute Gasteiger partial charge is 0.137 e. The molecule has 0 N–H and O–H groups in total. The molecule has 0 fully saturated rings. The molecular formula is C61H38N2O2. The van der Waals surface area contributed by atoms with Gasteiger partial charge >= 0.3 is 0 Å². The summed E-state index contributed by atoms with van der Waals surface area (Å²) in [4.78, 5) is 4.80. The van der Waals surface area contributed by atoms with E-state index >= 15 is 0 Å². The predicted molar refractivity (Wildman–Crippen MR) is 267 cm³/mol. The molecule has 2 aromatic heterocycles. The zero-order valence-electron chi connectivity index (χ0n) is 35.2. The molecule has 1 atom stereocenters. The Morgan fingerprint density at radius 3 is 1.29 bits per heavy atom. The summed E-state index contributed by atoms with van der Waals surface area (Å²) in [6.07, 6.45) is 0. The number of furan rings is 2. The predicted octanol–water partition coefficient (Wildman–Crippen LogP) is 16.8. The zero-order valence-corrected chi connectivity index (χ0v) is 35.2. The van der Waals surface area contributed by atoms with E-state index in [9.17, 15) is 0 Å². The third kappa shape index (κ3) is 5.02. The van der Waals surface area contributed by atoms with Crippen molar-refractivity contribution in [2.75, 3.05) is 9.80 Å². The second-order valence-electron chi connectivity index (χ2n) is 17.1. The summed E-state index contributed by atoms with van der Waals surface area (Å²) < 4.78 is 12.9. The van der Waals surface area contributed by atoms with Gasteiger partial charge < -0.3 is 18.6 Å². The first-order valence-corrected chi connectivity index (χ1v) is 22.3. The minimum atomic E-state index is -0.568. The van der Waals surface area contributed by atoms with E-state index in [0.717, 1.165) is 78.0 Å². The fraction of sp³-hybridized carbons (Fsp3) is 0.0164. The molecule has 14 rings (SSSR count). The van der Waals surface area contributed by atoms with Gasteiger partial charge in [0.2, 0.25) is 0 Å². The molecule has 0 saturated heterocycles. The van der Waals surface area contributed by atoms with Crippen molar-refractivity contribution in [3.63, 3.8) is 0 Å². The van der Waals surface area contributed by atoms with Crippen LogP contribution < -0.4 is 9.80 Å². The molecule has 0 aliphatic heterocycles. The van der Waals surface area contributed by atoms with E-state index in [1.165, 1.54) is 44.5 Å². The normalized spacial score (nSPS) is 14.5. The molecule has 4 nitrogen and oxygen atoms in total. The molecule has 0 saturated carbocycles. The van der Waals surface area contributed by atoms with Crippen molar-refractivity contribution in [1.29, 1.82) is 0 Å². The molecule has 4 heteroatoms. The van der Waals surface area contributed by atoms with E-state index in [1.54, 1.807) is 0 Å². The van der Waals surface area contributed by atoms with Gasteiger partial charge in [-0.15, -0.1) is 0 Å². The molecule has 65 heavy (non-hydrogen) atoms. The molecule has 0 amide bonds. The highest BCUT2D eigenvalue weighted by Crippen LogP contribution is 2.64. The van der Waals surface area contributed by atoms with Gasteiger partial charge in [-0.25, -0.2) is 0 Å². The van der Waals surface area contributed by atoms with Crippen LogP contribution in [0.1, 0.15) is 22.3 Å². The van der Waals surface area contributed by atoms with Crippen molar-refractivity contribution >= 4 is 78.0 Å². The van der Waals surface area contributed by atoms with Crippen molar-refractivity contribution in [1.82, 2.24) is 0 Å². The van der Waals surface area contributed by atoms with Crippen molar-refractivity contribution in [2.45, 2.75) is 5.41 Å². The van der Waals surface area contributed by atoms with Crippen molar-refractivity contribution < 1.29 is 8.83 Å². The first kappa shape index (κ1) is 35.9. The molecule has 2 heterocycles. The van der Waals surface area contributed by atoms with Gasteiger partial charge in [-0.3, -0.25) is 0 Å².